The van der Waals surface area contributed by atoms with Crippen LogP contribution in [0.1, 0.15) is 84.0 Å². The van der Waals surface area contributed by atoms with Gasteiger partial charge in [-0.05, 0) is 90.1 Å². The summed E-state index contributed by atoms with van der Waals surface area (Å²) in [7, 11) is -0.458. The lowest BCUT2D eigenvalue weighted by Crippen LogP contribution is -2.55. The number of carbonyl (C=O) groups excluding carboxylic acids is 2. The predicted octanol–water partition coefficient (Wildman–Crippen LogP) is 2.81. The van der Waals surface area contributed by atoms with Gasteiger partial charge in [-0.15, -0.1) is 11.6 Å². The minimum atomic E-state index is -2.28. The van der Waals surface area contributed by atoms with Crippen molar-refractivity contribution < 1.29 is 23.9 Å². The van der Waals surface area contributed by atoms with E-state index in [1.165, 1.54) is 5.71 Å². The van der Waals surface area contributed by atoms with Gasteiger partial charge in [-0.3, -0.25) is 19.5 Å². The molecule has 2 heterocycles. The summed E-state index contributed by atoms with van der Waals surface area (Å²) in [5, 5.41) is 6.31. The first-order valence-electron chi connectivity index (χ1n) is 17.4. The number of hydrazine groups is 1. The molecule has 0 aromatic heterocycles. The Kier molecular flexibility index (Phi) is 12.4. The van der Waals surface area contributed by atoms with Gasteiger partial charge in [0.1, 0.15) is 0 Å². The Labute approximate surface area is 275 Å². The number of hydrogen-bond acceptors (Lipinski definition) is 9. The highest BCUT2D eigenvalue weighted by Crippen LogP contribution is 2.42. The maximum atomic E-state index is 13.3. The fraction of sp³-hybridized carbons (Fsp3) is 0.906. The molecular weight excluding hydrogens is 612 g/mol. The smallest absolute Gasteiger partial charge is 0.223 e. The Morgan fingerprint density at radius 1 is 1.02 bits per heavy atom. The molecule has 256 valence electrons. The third-order valence-corrected chi connectivity index (χ3v) is 11.9. The quantitative estimate of drug-likeness (QED) is 0.129. The number of amides is 2. The van der Waals surface area contributed by atoms with Gasteiger partial charge in [-0.25, -0.2) is 10.9 Å². The van der Waals surface area contributed by atoms with Gasteiger partial charge in [0.05, 0.1) is 43.2 Å². The largest absolute Gasteiger partial charge is 0.430 e. The van der Waals surface area contributed by atoms with Gasteiger partial charge in [0.2, 0.25) is 20.1 Å². The molecule has 13 heteroatoms. The van der Waals surface area contributed by atoms with Gasteiger partial charge in [0.25, 0.3) is 0 Å². The molecule has 11 nitrogen and oxygen atoms in total. The van der Waals surface area contributed by atoms with E-state index in [-0.39, 0.29) is 60.1 Å². The number of aliphatic imine (C=N–C) groups is 1. The number of halogens is 1. The first-order valence-corrected chi connectivity index (χ1v) is 21.0. The Morgan fingerprint density at radius 2 is 1.78 bits per heavy atom. The second-order valence-corrected chi connectivity index (χ2v) is 19.3. The number of nitrogens with one attached hydrogen (secondary N) is 4. The van der Waals surface area contributed by atoms with Crippen molar-refractivity contribution in [2.24, 2.45) is 22.7 Å². The number of alkyl halides is 1. The summed E-state index contributed by atoms with van der Waals surface area (Å²) in [6.45, 7) is 6.68. The maximum Gasteiger partial charge on any atom is 0.223 e. The van der Waals surface area contributed by atoms with Crippen LogP contribution in [0.5, 0.6) is 0 Å². The Morgan fingerprint density at radius 3 is 2.51 bits per heavy atom. The van der Waals surface area contributed by atoms with E-state index in [0.717, 1.165) is 64.2 Å². The molecule has 0 bridgehead atoms. The van der Waals surface area contributed by atoms with E-state index >= 15 is 0 Å². The summed E-state index contributed by atoms with van der Waals surface area (Å²) in [6.07, 6.45) is 11.6. The second kappa shape index (κ2) is 15.8. The van der Waals surface area contributed by atoms with Gasteiger partial charge in [-0.1, -0.05) is 6.42 Å². The van der Waals surface area contributed by atoms with Crippen LogP contribution in [0.3, 0.4) is 0 Å². The normalized spacial score (nSPS) is 37.6. The molecular formula is C32H57ClN6O5Si. The van der Waals surface area contributed by atoms with Crippen molar-refractivity contribution in [3.63, 3.8) is 0 Å². The number of methoxy groups -OCH3 is 1. The number of carbonyl (C=O) groups is 2. The minimum absolute atomic E-state index is 0.0190. The highest BCUT2D eigenvalue weighted by atomic mass is 35.5. The zero-order valence-electron chi connectivity index (χ0n) is 27.7. The number of hydrogen-bond donors (Lipinski definition) is 5. The topological polar surface area (TPSA) is 137 Å². The zero-order chi connectivity index (χ0) is 32.1. The van der Waals surface area contributed by atoms with Gasteiger partial charge in [-0.2, -0.15) is 0 Å². The van der Waals surface area contributed by atoms with Crippen molar-refractivity contribution in [1.82, 2.24) is 26.4 Å². The van der Waals surface area contributed by atoms with Crippen LogP contribution in [-0.2, 0) is 19.1 Å². The van der Waals surface area contributed by atoms with Gasteiger partial charge in [0, 0.05) is 49.2 Å². The van der Waals surface area contributed by atoms with E-state index in [4.69, 9.17) is 26.1 Å². The van der Waals surface area contributed by atoms with Crippen molar-refractivity contribution in [2.45, 2.75) is 139 Å². The second-order valence-electron chi connectivity index (χ2n) is 14.7. The van der Waals surface area contributed by atoms with Crippen LogP contribution in [-0.4, -0.2) is 104 Å². The van der Waals surface area contributed by atoms with Crippen LogP contribution in [0, 0.1) is 17.8 Å². The molecule has 2 amide bonds. The van der Waals surface area contributed by atoms with E-state index in [1.54, 1.807) is 0 Å². The molecule has 3 saturated carbocycles. The molecule has 4 fully saturated rings. The molecule has 45 heavy (non-hydrogen) atoms. The Hall–Kier alpha value is -1.12. The molecule has 5 aliphatic rings. The molecule has 5 rings (SSSR count). The third-order valence-electron chi connectivity index (χ3n) is 10.6. The Balaban J connectivity index is 1.18. The van der Waals surface area contributed by atoms with Crippen molar-refractivity contribution in [2.75, 3.05) is 26.4 Å². The van der Waals surface area contributed by atoms with Crippen LogP contribution in [0.2, 0.25) is 13.1 Å². The predicted molar refractivity (Wildman–Crippen MR) is 178 cm³/mol. The van der Waals surface area contributed by atoms with E-state index < -0.39 is 8.32 Å². The molecule has 8 atom stereocenters. The molecule has 0 spiro atoms. The lowest BCUT2D eigenvalue weighted by Gasteiger charge is -2.44. The molecule has 7 unspecified atom stereocenters. The molecule has 5 N–H and O–H groups in total. The third kappa shape index (κ3) is 9.28. The van der Waals surface area contributed by atoms with Crippen LogP contribution in [0.4, 0.5) is 0 Å². The molecule has 2 aliphatic heterocycles. The number of fused-ring (bicyclic) bond motifs is 3. The van der Waals surface area contributed by atoms with Crippen LogP contribution in [0.25, 0.3) is 0 Å². The van der Waals surface area contributed by atoms with Gasteiger partial charge < -0.3 is 24.9 Å². The van der Waals surface area contributed by atoms with E-state index in [9.17, 15) is 14.4 Å². The summed E-state index contributed by atoms with van der Waals surface area (Å²) >= 11 is 6.51. The highest BCUT2D eigenvalue weighted by molar-refractivity contribution is 6.69. The molecule has 0 radical (unpaired) electrons. The number of ether oxygens (including phenoxy) is 2. The van der Waals surface area contributed by atoms with E-state index in [2.05, 4.69) is 33.3 Å². The maximum absolute atomic E-state index is 13.3. The van der Waals surface area contributed by atoms with Crippen LogP contribution in [0.15, 0.2) is 4.99 Å². The molecule has 1 saturated heterocycles. The summed E-state index contributed by atoms with van der Waals surface area (Å²) in [4.78, 5) is 44.4. The average molecular weight is 669 g/mol. The lowest BCUT2D eigenvalue weighted by atomic mass is 9.72. The fourth-order valence-electron chi connectivity index (χ4n) is 8.31. The van der Waals surface area contributed by atoms with Gasteiger partial charge >= 0.3 is 0 Å². The first-order chi connectivity index (χ1) is 21.5. The monoisotopic (exact) mass is 668 g/mol. The van der Waals surface area contributed by atoms with Crippen molar-refractivity contribution in [3.05, 3.63) is 0 Å². The van der Waals surface area contributed by atoms with E-state index in [0.29, 0.717) is 43.6 Å². The standard InChI is InChI=1S/C32H57ClN6O5Si/c1-20-37-38-31-27(18-29(40)34-14-15-35-32(41)22-6-5-7-25(16-22)44-19-45(3,4)42)36-30(21-8-10-23(33)11-9-21)26-17-24(43-2)12-13-28(26)39(20)31/h20-28,31,37-38,42H,5-19H2,1-4H3,(H,34,40)(H,35,41)/t20?,21?,22?,23?,24?,25?,26?,27-,28?,31?/m0/s1. The summed E-state index contributed by atoms with van der Waals surface area (Å²) in [5.41, 5.74) is 8.19. The number of rotatable bonds is 11. The van der Waals surface area contributed by atoms with Crippen molar-refractivity contribution >= 4 is 37.4 Å². The molecule has 3 aliphatic carbocycles. The molecule has 0 aromatic carbocycles. The average Bonchev–Trinajstić information content (AvgIpc) is 3.34. The van der Waals surface area contributed by atoms with Crippen LogP contribution < -0.4 is 21.5 Å². The summed E-state index contributed by atoms with van der Waals surface area (Å²) in [6, 6.07) is 0.120. The number of nitrogens with zero attached hydrogens (tertiary/aromatic N) is 2. The summed E-state index contributed by atoms with van der Waals surface area (Å²) in [5.74, 6) is 0.576. The first kappa shape index (κ1) is 35.2. The SMILES string of the molecule is COC1CCC2C(C1)C(C1CCC(Cl)CC1)=N[C@@H](CC(=O)NCCNC(=O)C1CCCC(OC[Si](C)(C)O)C1)C1NNC(C)N21. The zero-order valence-corrected chi connectivity index (χ0v) is 29.5. The van der Waals surface area contributed by atoms with Gasteiger partial charge in [0.15, 0.2) is 0 Å². The lowest BCUT2D eigenvalue weighted by molar-refractivity contribution is -0.128. The van der Waals surface area contributed by atoms with Crippen molar-refractivity contribution in [3.8, 4) is 0 Å². The fourth-order valence-corrected chi connectivity index (χ4v) is 9.21. The minimum Gasteiger partial charge on any atom is -0.430 e. The van der Waals surface area contributed by atoms with E-state index in [1.807, 2.05) is 20.2 Å². The van der Waals surface area contributed by atoms with Crippen LogP contribution >= 0.6 is 11.6 Å². The van der Waals surface area contributed by atoms with Crippen molar-refractivity contribution in [1.29, 1.82) is 0 Å². The highest BCUT2D eigenvalue weighted by Gasteiger charge is 2.50. The summed E-state index contributed by atoms with van der Waals surface area (Å²) < 4.78 is 11.8. The molecule has 0 aromatic rings. The Bertz CT molecular complexity index is 1040.